The molecular weight excluding hydrogens is 246 g/mol. The molecule has 2 fully saturated rings. The Kier molecular flexibility index (Phi) is 4.42. The van der Waals surface area contributed by atoms with Crippen LogP contribution in [0.25, 0.3) is 0 Å². The fraction of sp³-hybridized carbons (Fsp3) is 0.846. The van der Waals surface area contributed by atoms with Crippen molar-refractivity contribution in [3.8, 4) is 0 Å². The van der Waals surface area contributed by atoms with Gasteiger partial charge in [0.25, 0.3) is 5.91 Å². The number of nitrogens with two attached hydrogens (primary N) is 1. The molecular formula is C13H23N3O3. The van der Waals surface area contributed by atoms with E-state index in [4.69, 9.17) is 10.5 Å². The summed E-state index contributed by atoms with van der Waals surface area (Å²) < 4.78 is 5.59. The second-order valence-electron chi connectivity index (χ2n) is 5.58. The molecule has 2 heterocycles. The van der Waals surface area contributed by atoms with E-state index in [0.29, 0.717) is 13.0 Å². The van der Waals surface area contributed by atoms with Crippen molar-refractivity contribution >= 4 is 11.8 Å². The van der Waals surface area contributed by atoms with Gasteiger partial charge in [-0.05, 0) is 39.2 Å². The van der Waals surface area contributed by atoms with Gasteiger partial charge >= 0.3 is 0 Å². The van der Waals surface area contributed by atoms with Crippen LogP contribution in [0.4, 0.5) is 0 Å². The predicted molar refractivity (Wildman–Crippen MR) is 70.4 cm³/mol. The quantitative estimate of drug-likeness (QED) is 0.728. The molecule has 2 saturated heterocycles. The molecule has 0 aromatic heterocycles. The highest BCUT2D eigenvalue weighted by Crippen LogP contribution is 2.28. The van der Waals surface area contributed by atoms with Crippen molar-refractivity contribution in [1.29, 1.82) is 0 Å². The van der Waals surface area contributed by atoms with Gasteiger partial charge in [-0.2, -0.15) is 0 Å². The molecule has 19 heavy (non-hydrogen) atoms. The van der Waals surface area contributed by atoms with Gasteiger partial charge in [0.15, 0.2) is 0 Å². The molecule has 6 heteroatoms. The molecule has 2 atom stereocenters. The van der Waals surface area contributed by atoms with Crippen molar-refractivity contribution in [3.63, 3.8) is 0 Å². The standard InChI is InChI=1S/C13H23N3O3/c1-13(5-3-7-19-13)12(18)16(9-11(14)17)10-4-2-6-15-8-10/h10,15H,2-9H2,1H3,(H2,14,17). The summed E-state index contributed by atoms with van der Waals surface area (Å²) in [7, 11) is 0. The maximum absolute atomic E-state index is 12.7. The molecule has 2 rings (SSSR count). The molecule has 0 aliphatic carbocycles. The van der Waals surface area contributed by atoms with E-state index in [-0.39, 0.29) is 18.5 Å². The lowest BCUT2D eigenvalue weighted by Crippen LogP contribution is -2.57. The number of carbonyl (C=O) groups excluding carboxylic acids is 2. The first-order valence-corrected chi connectivity index (χ1v) is 6.97. The summed E-state index contributed by atoms with van der Waals surface area (Å²) in [5.74, 6) is -0.571. The minimum absolute atomic E-state index is 0.0237. The zero-order valence-corrected chi connectivity index (χ0v) is 11.5. The molecule has 3 N–H and O–H groups in total. The van der Waals surface area contributed by atoms with Gasteiger partial charge in [-0.25, -0.2) is 0 Å². The van der Waals surface area contributed by atoms with Crippen LogP contribution in [0, 0.1) is 0 Å². The second kappa shape index (κ2) is 5.88. The Balaban J connectivity index is 2.11. The third-order valence-corrected chi connectivity index (χ3v) is 3.97. The van der Waals surface area contributed by atoms with E-state index in [2.05, 4.69) is 5.32 Å². The average Bonchev–Trinajstić information content (AvgIpc) is 2.84. The zero-order chi connectivity index (χ0) is 13.9. The lowest BCUT2D eigenvalue weighted by atomic mass is 9.97. The van der Waals surface area contributed by atoms with Crippen LogP contribution in [-0.4, -0.2) is 54.6 Å². The SMILES string of the molecule is CC1(C(=O)N(CC(N)=O)C2CCCNC2)CCCO1. The summed E-state index contributed by atoms with van der Waals surface area (Å²) in [4.78, 5) is 25.5. The largest absolute Gasteiger partial charge is 0.368 e. The summed E-state index contributed by atoms with van der Waals surface area (Å²) >= 11 is 0. The molecule has 2 aliphatic heterocycles. The Morgan fingerprint density at radius 2 is 2.26 bits per heavy atom. The Bertz CT molecular complexity index is 347. The van der Waals surface area contributed by atoms with Crippen LogP contribution in [0.1, 0.15) is 32.6 Å². The lowest BCUT2D eigenvalue weighted by Gasteiger charge is -2.38. The monoisotopic (exact) mass is 269 g/mol. The first-order valence-electron chi connectivity index (χ1n) is 6.97. The normalized spacial score (nSPS) is 31.1. The van der Waals surface area contributed by atoms with E-state index < -0.39 is 11.5 Å². The third-order valence-electron chi connectivity index (χ3n) is 3.97. The van der Waals surface area contributed by atoms with Gasteiger partial charge in [-0.15, -0.1) is 0 Å². The fourth-order valence-corrected chi connectivity index (χ4v) is 2.89. The third kappa shape index (κ3) is 3.25. The predicted octanol–water partition coefficient (Wildman–Crippen LogP) is -0.379. The van der Waals surface area contributed by atoms with Crippen molar-refractivity contribution in [1.82, 2.24) is 10.2 Å². The Morgan fingerprint density at radius 1 is 1.47 bits per heavy atom. The molecule has 2 amide bonds. The van der Waals surface area contributed by atoms with Crippen molar-refractivity contribution in [2.75, 3.05) is 26.2 Å². The minimum Gasteiger partial charge on any atom is -0.368 e. The fourth-order valence-electron chi connectivity index (χ4n) is 2.89. The van der Waals surface area contributed by atoms with Crippen molar-refractivity contribution in [3.05, 3.63) is 0 Å². The first-order chi connectivity index (χ1) is 9.03. The zero-order valence-electron chi connectivity index (χ0n) is 11.5. The number of amides is 2. The molecule has 6 nitrogen and oxygen atoms in total. The van der Waals surface area contributed by atoms with E-state index in [1.54, 1.807) is 4.90 Å². The van der Waals surface area contributed by atoms with Crippen LogP contribution in [0.15, 0.2) is 0 Å². The summed E-state index contributed by atoms with van der Waals surface area (Å²) in [6.07, 6.45) is 3.50. The number of nitrogens with zero attached hydrogens (tertiary/aromatic N) is 1. The van der Waals surface area contributed by atoms with Gasteiger partial charge in [0.05, 0.1) is 6.54 Å². The highest BCUT2D eigenvalue weighted by atomic mass is 16.5. The number of piperidine rings is 1. The number of hydrogen-bond acceptors (Lipinski definition) is 4. The molecule has 0 saturated carbocycles. The Labute approximate surface area is 113 Å². The van der Waals surface area contributed by atoms with Gasteiger partial charge in [-0.1, -0.05) is 0 Å². The number of primary amides is 1. The number of nitrogens with one attached hydrogen (secondary N) is 1. The summed E-state index contributed by atoms with van der Waals surface area (Å²) in [5.41, 5.74) is 4.50. The number of rotatable bonds is 4. The second-order valence-corrected chi connectivity index (χ2v) is 5.58. The molecule has 2 unspecified atom stereocenters. The number of carbonyl (C=O) groups is 2. The lowest BCUT2D eigenvalue weighted by molar-refractivity contribution is -0.155. The average molecular weight is 269 g/mol. The van der Waals surface area contributed by atoms with Gasteiger partial charge in [0.1, 0.15) is 5.60 Å². The molecule has 0 bridgehead atoms. The maximum Gasteiger partial charge on any atom is 0.255 e. The van der Waals surface area contributed by atoms with Crippen molar-refractivity contribution in [2.24, 2.45) is 5.73 Å². The number of ether oxygens (including phenoxy) is 1. The minimum atomic E-state index is -0.785. The Hall–Kier alpha value is -1.14. The van der Waals surface area contributed by atoms with E-state index >= 15 is 0 Å². The smallest absolute Gasteiger partial charge is 0.255 e. The Morgan fingerprint density at radius 3 is 2.79 bits per heavy atom. The van der Waals surface area contributed by atoms with Crippen LogP contribution in [-0.2, 0) is 14.3 Å². The summed E-state index contributed by atoms with van der Waals surface area (Å²) in [5, 5.41) is 3.26. The molecule has 108 valence electrons. The van der Waals surface area contributed by atoms with E-state index in [1.165, 1.54) is 0 Å². The molecule has 0 radical (unpaired) electrons. The highest BCUT2D eigenvalue weighted by molar-refractivity contribution is 5.89. The van der Waals surface area contributed by atoms with Gasteiger partial charge in [0, 0.05) is 19.2 Å². The summed E-state index contributed by atoms with van der Waals surface area (Å²) in [6, 6.07) is 0.0368. The van der Waals surface area contributed by atoms with E-state index in [1.807, 2.05) is 6.92 Å². The van der Waals surface area contributed by atoms with E-state index in [9.17, 15) is 9.59 Å². The van der Waals surface area contributed by atoms with Crippen molar-refractivity contribution in [2.45, 2.75) is 44.2 Å². The molecule has 0 aromatic rings. The van der Waals surface area contributed by atoms with Crippen LogP contribution in [0.2, 0.25) is 0 Å². The van der Waals surface area contributed by atoms with Crippen LogP contribution in [0.3, 0.4) is 0 Å². The summed E-state index contributed by atoms with van der Waals surface area (Å²) in [6.45, 7) is 4.07. The number of hydrogen-bond donors (Lipinski definition) is 2. The molecule has 0 aromatic carbocycles. The van der Waals surface area contributed by atoms with Gasteiger partial charge < -0.3 is 20.7 Å². The van der Waals surface area contributed by atoms with E-state index in [0.717, 1.165) is 32.4 Å². The first kappa shape index (κ1) is 14.3. The molecule has 2 aliphatic rings. The van der Waals surface area contributed by atoms with Crippen LogP contribution >= 0.6 is 0 Å². The molecule has 0 spiro atoms. The maximum atomic E-state index is 12.7. The topological polar surface area (TPSA) is 84.7 Å². The van der Waals surface area contributed by atoms with Crippen LogP contribution < -0.4 is 11.1 Å². The van der Waals surface area contributed by atoms with Gasteiger partial charge in [-0.3, -0.25) is 9.59 Å². The highest BCUT2D eigenvalue weighted by Gasteiger charge is 2.43. The van der Waals surface area contributed by atoms with Gasteiger partial charge in [0.2, 0.25) is 5.91 Å². The van der Waals surface area contributed by atoms with Crippen LogP contribution in [0.5, 0.6) is 0 Å². The van der Waals surface area contributed by atoms with Crippen molar-refractivity contribution < 1.29 is 14.3 Å².